The van der Waals surface area contributed by atoms with Gasteiger partial charge in [-0.2, -0.15) is 0 Å². The third kappa shape index (κ3) is 3.48. The fourth-order valence-electron chi connectivity index (χ4n) is 3.84. The van der Waals surface area contributed by atoms with Gasteiger partial charge in [-0.15, -0.1) is 0 Å². The topological polar surface area (TPSA) is 33.7 Å². The Hall–Kier alpha value is -0.160. The van der Waals surface area contributed by atoms with Crippen LogP contribution in [0.15, 0.2) is 0 Å². The van der Waals surface area contributed by atoms with E-state index >= 15 is 0 Å². The lowest BCUT2D eigenvalue weighted by Gasteiger charge is -2.39. The summed E-state index contributed by atoms with van der Waals surface area (Å²) in [4.78, 5) is 2.59. The number of hydrogen-bond acceptors (Lipinski definition) is 4. The quantitative estimate of drug-likeness (QED) is 0.835. The maximum atomic E-state index is 6.00. The molecule has 0 aliphatic carbocycles. The molecule has 3 saturated heterocycles. The van der Waals surface area contributed by atoms with Gasteiger partial charge in [0.1, 0.15) is 0 Å². The molecule has 3 aliphatic heterocycles. The molecule has 3 unspecified atom stereocenters. The summed E-state index contributed by atoms with van der Waals surface area (Å²) in [6.07, 6.45) is 6.10. The second-order valence-electron chi connectivity index (χ2n) is 6.60. The van der Waals surface area contributed by atoms with Crippen molar-refractivity contribution >= 4 is 0 Å². The number of ether oxygens (including phenoxy) is 2. The van der Waals surface area contributed by atoms with Crippen LogP contribution in [0.25, 0.3) is 0 Å². The van der Waals surface area contributed by atoms with Crippen molar-refractivity contribution in [2.24, 2.45) is 0 Å². The second kappa shape index (κ2) is 6.08. The van der Waals surface area contributed by atoms with Crippen LogP contribution in [0.1, 0.15) is 39.0 Å². The molecule has 0 amide bonds. The van der Waals surface area contributed by atoms with E-state index in [2.05, 4.69) is 17.1 Å². The van der Waals surface area contributed by atoms with Crippen LogP contribution in [0, 0.1) is 0 Å². The lowest BCUT2D eigenvalue weighted by molar-refractivity contribution is -0.0903. The molecule has 0 aromatic carbocycles. The molecule has 0 aromatic rings. The SMILES string of the molecule is CC(CN1CCCC1)NC1CCOC2(CCOC2)C1. The maximum absolute atomic E-state index is 6.00. The predicted octanol–water partition coefficient (Wildman–Crippen LogP) is 1.40. The lowest BCUT2D eigenvalue weighted by Crippen LogP contribution is -2.51. The molecule has 19 heavy (non-hydrogen) atoms. The van der Waals surface area contributed by atoms with Crippen molar-refractivity contribution in [2.45, 2.75) is 56.7 Å². The summed E-state index contributed by atoms with van der Waals surface area (Å²) >= 11 is 0. The molecule has 3 heterocycles. The molecule has 0 radical (unpaired) electrons. The van der Waals surface area contributed by atoms with Gasteiger partial charge in [-0.3, -0.25) is 0 Å². The summed E-state index contributed by atoms with van der Waals surface area (Å²) in [6, 6.07) is 1.19. The van der Waals surface area contributed by atoms with Crippen LogP contribution >= 0.6 is 0 Å². The van der Waals surface area contributed by atoms with Crippen LogP contribution in [-0.4, -0.2) is 62.0 Å². The van der Waals surface area contributed by atoms with Crippen LogP contribution in [-0.2, 0) is 9.47 Å². The van der Waals surface area contributed by atoms with Gasteiger partial charge in [0, 0.05) is 38.3 Å². The van der Waals surface area contributed by atoms with E-state index in [0.717, 1.165) is 39.1 Å². The van der Waals surface area contributed by atoms with Gasteiger partial charge in [-0.1, -0.05) is 0 Å². The van der Waals surface area contributed by atoms with Crippen molar-refractivity contribution in [1.82, 2.24) is 10.2 Å². The average molecular weight is 268 g/mol. The molecule has 0 bridgehead atoms. The van der Waals surface area contributed by atoms with Gasteiger partial charge in [-0.05, 0) is 45.7 Å². The molecule has 0 saturated carbocycles. The van der Waals surface area contributed by atoms with E-state index in [1.54, 1.807) is 0 Å². The average Bonchev–Trinajstić information content (AvgIpc) is 3.02. The van der Waals surface area contributed by atoms with Crippen LogP contribution in [0.2, 0.25) is 0 Å². The Morgan fingerprint density at radius 3 is 2.89 bits per heavy atom. The van der Waals surface area contributed by atoms with E-state index in [9.17, 15) is 0 Å². The summed E-state index contributed by atoms with van der Waals surface area (Å²) in [5.41, 5.74) is 0.0310. The van der Waals surface area contributed by atoms with Gasteiger partial charge >= 0.3 is 0 Å². The molecule has 1 N–H and O–H groups in total. The summed E-state index contributed by atoms with van der Waals surface area (Å²) < 4.78 is 11.5. The molecule has 3 atom stereocenters. The summed E-state index contributed by atoms with van der Waals surface area (Å²) in [5, 5.41) is 3.82. The van der Waals surface area contributed by atoms with Gasteiger partial charge in [0.05, 0.1) is 12.2 Å². The molecule has 3 rings (SSSR count). The highest BCUT2D eigenvalue weighted by Crippen LogP contribution is 2.32. The number of hydrogen-bond donors (Lipinski definition) is 1. The first-order valence-corrected chi connectivity index (χ1v) is 7.96. The Bertz CT molecular complexity index is 286. The summed E-state index contributed by atoms with van der Waals surface area (Å²) in [6.45, 7) is 8.65. The minimum atomic E-state index is 0.0310. The minimum absolute atomic E-state index is 0.0310. The maximum Gasteiger partial charge on any atom is 0.0951 e. The fraction of sp³-hybridized carbons (Fsp3) is 1.00. The van der Waals surface area contributed by atoms with E-state index in [0.29, 0.717) is 12.1 Å². The number of nitrogens with one attached hydrogen (secondary N) is 1. The highest BCUT2D eigenvalue weighted by molar-refractivity contribution is 4.93. The largest absolute Gasteiger partial charge is 0.378 e. The van der Waals surface area contributed by atoms with Crippen molar-refractivity contribution in [3.05, 3.63) is 0 Å². The fourth-order valence-corrected chi connectivity index (χ4v) is 3.84. The number of nitrogens with zero attached hydrogens (tertiary/aromatic N) is 1. The minimum Gasteiger partial charge on any atom is -0.378 e. The van der Waals surface area contributed by atoms with Crippen molar-refractivity contribution < 1.29 is 9.47 Å². The van der Waals surface area contributed by atoms with Gasteiger partial charge < -0.3 is 19.7 Å². The summed E-state index contributed by atoms with van der Waals surface area (Å²) in [7, 11) is 0. The van der Waals surface area contributed by atoms with E-state index in [-0.39, 0.29) is 5.60 Å². The second-order valence-corrected chi connectivity index (χ2v) is 6.60. The van der Waals surface area contributed by atoms with Crippen LogP contribution in [0.5, 0.6) is 0 Å². The van der Waals surface area contributed by atoms with Crippen molar-refractivity contribution in [3.8, 4) is 0 Å². The Morgan fingerprint density at radius 1 is 1.32 bits per heavy atom. The van der Waals surface area contributed by atoms with Crippen LogP contribution in [0.4, 0.5) is 0 Å². The molecule has 4 nitrogen and oxygen atoms in total. The monoisotopic (exact) mass is 268 g/mol. The third-order valence-electron chi connectivity index (χ3n) is 4.81. The number of likely N-dealkylation sites (tertiary alicyclic amines) is 1. The molecule has 3 aliphatic rings. The van der Waals surface area contributed by atoms with Crippen LogP contribution < -0.4 is 5.32 Å². The standard InChI is InChI=1S/C15H28N2O2/c1-13(11-17-6-2-3-7-17)16-14-4-8-19-15(10-14)5-9-18-12-15/h13-14,16H,2-12H2,1H3. The van der Waals surface area contributed by atoms with Gasteiger partial charge in [0.15, 0.2) is 0 Å². The van der Waals surface area contributed by atoms with Crippen molar-refractivity contribution in [1.29, 1.82) is 0 Å². The molecular weight excluding hydrogens is 240 g/mol. The highest BCUT2D eigenvalue weighted by atomic mass is 16.6. The van der Waals surface area contributed by atoms with E-state index in [1.165, 1.54) is 32.5 Å². The van der Waals surface area contributed by atoms with Gasteiger partial charge in [0.2, 0.25) is 0 Å². The Balaban J connectivity index is 1.45. The molecule has 4 heteroatoms. The van der Waals surface area contributed by atoms with Crippen molar-refractivity contribution in [3.63, 3.8) is 0 Å². The first-order chi connectivity index (χ1) is 9.26. The van der Waals surface area contributed by atoms with Gasteiger partial charge in [-0.25, -0.2) is 0 Å². The van der Waals surface area contributed by atoms with E-state index in [1.807, 2.05) is 0 Å². The smallest absolute Gasteiger partial charge is 0.0951 e. The third-order valence-corrected chi connectivity index (χ3v) is 4.81. The Labute approximate surface area is 116 Å². The van der Waals surface area contributed by atoms with Crippen LogP contribution in [0.3, 0.4) is 0 Å². The highest BCUT2D eigenvalue weighted by Gasteiger charge is 2.41. The zero-order valence-corrected chi connectivity index (χ0v) is 12.2. The first-order valence-electron chi connectivity index (χ1n) is 7.96. The lowest BCUT2D eigenvalue weighted by atomic mass is 9.89. The Morgan fingerprint density at radius 2 is 2.16 bits per heavy atom. The number of rotatable bonds is 4. The zero-order valence-electron chi connectivity index (χ0n) is 12.2. The Kier molecular flexibility index (Phi) is 4.42. The molecular formula is C15H28N2O2. The van der Waals surface area contributed by atoms with Crippen molar-refractivity contribution in [2.75, 3.05) is 39.5 Å². The van der Waals surface area contributed by atoms with E-state index < -0.39 is 0 Å². The molecule has 1 spiro atoms. The predicted molar refractivity (Wildman–Crippen MR) is 75.4 cm³/mol. The molecule has 3 fully saturated rings. The van der Waals surface area contributed by atoms with E-state index in [4.69, 9.17) is 9.47 Å². The first kappa shape index (κ1) is 13.8. The normalized spacial score (nSPS) is 38.1. The molecule has 110 valence electrons. The summed E-state index contributed by atoms with van der Waals surface area (Å²) in [5.74, 6) is 0. The van der Waals surface area contributed by atoms with Gasteiger partial charge in [0.25, 0.3) is 0 Å². The zero-order chi connectivity index (χ0) is 13.1. The molecule has 0 aromatic heterocycles.